The van der Waals surface area contributed by atoms with Gasteiger partial charge in [0, 0.05) is 47.6 Å². The molecule has 1 aliphatic carbocycles. The van der Waals surface area contributed by atoms with E-state index in [-0.39, 0.29) is 45.7 Å². The molecule has 45 heavy (non-hydrogen) atoms. The summed E-state index contributed by atoms with van der Waals surface area (Å²) in [7, 11) is 1.56. The van der Waals surface area contributed by atoms with Crippen LogP contribution in [0.3, 0.4) is 0 Å². The summed E-state index contributed by atoms with van der Waals surface area (Å²) in [5.41, 5.74) is 0.955. The zero-order valence-electron chi connectivity index (χ0n) is 24.4. The maximum Gasteiger partial charge on any atom is 0.362 e. The van der Waals surface area contributed by atoms with Crippen LogP contribution in [0.1, 0.15) is 58.9 Å². The van der Waals surface area contributed by atoms with Crippen molar-refractivity contribution >= 4 is 64.2 Å². The molecule has 2 aliphatic heterocycles. The number of nitrogens with zero attached hydrogens (tertiary/aromatic N) is 3. The number of carbonyl (C=O) groups is 2. The number of aromatic nitrogens is 1. The van der Waals surface area contributed by atoms with Gasteiger partial charge in [-0.2, -0.15) is 8.78 Å². The number of halogens is 5. The van der Waals surface area contributed by atoms with Gasteiger partial charge in [-0.25, -0.2) is 4.79 Å². The number of rotatable bonds is 8. The van der Waals surface area contributed by atoms with Gasteiger partial charge in [-0.3, -0.25) is 14.5 Å². The Balaban J connectivity index is 1.38. The molecular formula is C31H29Cl3F2N4O4S. The first-order chi connectivity index (χ1) is 21.4. The van der Waals surface area contributed by atoms with Gasteiger partial charge < -0.3 is 19.5 Å². The van der Waals surface area contributed by atoms with Crippen molar-refractivity contribution in [3.8, 4) is 5.75 Å². The van der Waals surface area contributed by atoms with Crippen LogP contribution in [0.2, 0.25) is 10.0 Å². The lowest BCUT2D eigenvalue weighted by molar-refractivity contribution is 0.0740. The molecule has 8 nitrogen and oxygen atoms in total. The predicted octanol–water partition coefficient (Wildman–Crippen LogP) is 7.64. The maximum atomic E-state index is 14.2. The number of nitrogens with one attached hydrogen (secondary N) is 1. The Labute approximate surface area is 277 Å². The Bertz CT molecular complexity index is 1740. The molecule has 3 heterocycles. The van der Waals surface area contributed by atoms with E-state index in [4.69, 9.17) is 39.5 Å². The summed E-state index contributed by atoms with van der Waals surface area (Å²) in [6.07, 6.45) is 3.40. The van der Waals surface area contributed by atoms with Crippen LogP contribution in [0, 0.1) is 0 Å². The van der Waals surface area contributed by atoms with E-state index in [2.05, 4.69) is 4.98 Å². The Hall–Kier alpha value is -2.99. The van der Waals surface area contributed by atoms with Crippen LogP contribution in [-0.2, 0) is 24.9 Å². The predicted molar refractivity (Wildman–Crippen MR) is 170 cm³/mol. The lowest BCUT2D eigenvalue weighted by atomic mass is 9.98. The summed E-state index contributed by atoms with van der Waals surface area (Å²) in [4.78, 5) is 48.4. The minimum Gasteiger partial charge on any atom is -0.494 e. The second-order valence-corrected chi connectivity index (χ2v) is 13.5. The fourth-order valence-corrected chi connectivity index (χ4v) is 7.79. The van der Waals surface area contributed by atoms with E-state index in [1.807, 2.05) is 17.9 Å². The molecule has 14 heteroatoms. The van der Waals surface area contributed by atoms with Crippen molar-refractivity contribution in [1.29, 1.82) is 0 Å². The molecule has 3 aromatic rings. The number of pyridine rings is 1. The Morgan fingerprint density at radius 2 is 1.84 bits per heavy atom. The number of ether oxygens (including phenoxy) is 1. The van der Waals surface area contributed by atoms with Crippen LogP contribution >= 0.6 is 46.6 Å². The van der Waals surface area contributed by atoms with Crippen molar-refractivity contribution in [1.82, 2.24) is 14.8 Å². The Morgan fingerprint density at radius 3 is 2.47 bits per heavy atom. The fraction of sp³-hybridized carbons (Fsp3) is 0.387. The third-order valence-corrected chi connectivity index (χ3v) is 10.6. The van der Waals surface area contributed by atoms with Gasteiger partial charge in [0.15, 0.2) is 0 Å². The molecule has 3 amide bonds. The SMILES string of the molecule is CCc1c2c(cc(N3CCCN(C4CC4)C3=O)c1OC)CN(C(=O)c1c(Sc3c(Cl)cccc3Cl)cc(C(F)(F)Cl)[nH]c1=O)C2. The normalized spacial score (nSPS) is 16.8. The first-order valence-corrected chi connectivity index (χ1v) is 16.4. The quantitative estimate of drug-likeness (QED) is 0.245. The minimum absolute atomic E-state index is 0.0578. The number of carbonyl (C=O) groups excluding carboxylic acids is 2. The number of anilines is 1. The summed E-state index contributed by atoms with van der Waals surface area (Å²) in [5.74, 6) is -0.0909. The van der Waals surface area contributed by atoms with E-state index in [0.717, 1.165) is 60.3 Å². The second kappa shape index (κ2) is 12.3. The molecule has 1 aromatic heterocycles. The molecule has 2 aromatic carbocycles. The summed E-state index contributed by atoms with van der Waals surface area (Å²) in [6, 6.07) is 7.82. The van der Waals surface area contributed by atoms with Gasteiger partial charge in [0.25, 0.3) is 11.5 Å². The summed E-state index contributed by atoms with van der Waals surface area (Å²) >= 11 is 18.8. The molecule has 6 rings (SSSR count). The van der Waals surface area contributed by atoms with Crippen LogP contribution in [0.15, 0.2) is 44.9 Å². The van der Waals surface area contributed by atoms with Crippen molar-refractivity contribution in [2.24, 2.45) is 0 Å². The lowest BCUT2D eigenvalue weighted by Gasteiger charge is -2.37. The zero-order valence-corrected chi connectivity index (χ0v) is 27.5. The highest BCUT2D eigenvalue weighted by Crippen LogP contribution is 2.44. The largest absolute Gasteiger partial charge is 0.494 e. The highest BCUT2D eigenvalue weighted by Gasteiger charge is 2.40. The van der Waals surface area contributed by atoms with Crippen LogP contribution in [0.25, 0.3) is 0 Å². The molecule has 0 spiro atoms. The van der Waals surface area contributed by atoms with Crippen molar-refractivity contribution in [2.45, 2.75) is 66.9 Å². The lowest BCUT2D eigenvalue weighted by Crippen LogP contribution is -2.50. The summed E-state index contributed by atoms with van der Waals surface area (Å²) < 4.78 is 34.2. The number of urea groups is 1. The van der Waals surface area contributed by atoms with Gasteiger partial charge in [-0.15, -0.1) is 0 Å². The molecular weight excluding hydrogens is 669 g/mol. The fourth-order valence-electron chi connectivity index (χ4n) is 6.05. The number of aromatic amines is 1. The topological polar surface area (TPSA) is 85.9 Å². The molecule has 1 N–H and O–H groups in total. The number of hydrogen-bond acceptors (Lipinski definition) is 5. The van der Waals surface area contributed by atoms with Gasteiger partial charge in [0.1, 0.15) is 17.0 Å². The summed E-state index contributed by atoms with van der Waals surface area (Å²) in [6.45, 7) is 3.52. The van der Waals surface area contributed by atoms with Crippen molar-refractivity contribution in [3.05, 3.63) is 78.7 Å². The molecule has 238 valence electrons. The van der Waals surface area contributed by atoms with Crippen LogP contribution in [0.5, 0.6) is 5.75 Å². The van der Waals surface area contributed by atoms with Gasteiger partial charge in [-0.05, 0) is 72.7 Å². The highest BCUT2D eigenvalue weighted by atomic mass is 35.5. The van der Waals surface area contributed by atoms with Crippen LogP contribution < -0.4 is 15.2 Å². The smallest absolute Gasteiger partial charge is 0.362 e. The van der Waals surface area contributed by atoms with E-state index < -0.39 is 22.5 Å². The Morgan fingerprint density at radius 1 is 1.13 bits per heavy atom. The number of amides is 3. The monoisotopic (exact) mass is 696 g/mol. The Kier molecular flexibility index (Phi) is 8.75. The van der Waals surface area contributed by atoms with E-state index in [1.165, 1.54) is 4.90 Å². The van der Waals surface area contributed by atoms with Gasteiger partial charge >= 0.3 is 11.4 Å². The van der Waals surface area contributed by atoms with Gasteiger partial charge in [0.05, 0.1) is 22.8 Å². The first kappa shape index (κ1) is 32.0. The van der Waals surface area contributed by atoms with Gasteiger partial charge in [0.2, 0.25) is 0 Å². The minimum atomic E-state index is -3.89. The number of fused-ring (bicyclic) bond motifs is 1. The molecule has 1 saturated heterocycles. The zero-order chi connectivity index (χ0) is 32.2. The maximum absolute atomic E-state index is 14.2. The van der Waals surface area contributed by atoms with Crippen molar-refractivity contribution < 1.29 is 23.1 Å². The number of H-pyrrole nitrogens is 1. The van der Waals surface area contributed by atoms with Crippen molar-refractivity contribution in [3.63, 3.8) is 0 Å². The van der Waals surface area contributed by atoms with E-state index in [0.29, 0.717) is 29.3 Å². The highest BCUT2D eigenvalue weighted by molar-refractivity contribution is 7.99. The molecule has 0 unspecified atom stereocenters. The van der Waals surface area contributed by atoms with Crippen LogP contribution in [-0.4, -0.2) is 53.0 Å². The molecule has 3 aliphatic rings. The number of hydrogen-bond donors (Lipinski definition) is 1. The average molecular weight is 698 g/mol. The van der Waals surface area contributed by atoms with E-state index >= 15 is 0 Å². The summed E-state index contributed by atoms with van der Waals surface area (Å²) in [5, 5.41) is -3.45. The standard InChI is InChI=1S/C31H29Cl3F2N4O4S/c1-3-18-19-15-38(14-16(19)12-22(26(18)44-2)40-11-5-10-39(30(40)43)17-8-9-17)29(42)25-23(13-24(31(34,35)36)37-28(25)41)45-27-20(32)6-4-7-21(27)33/h4,6-7,12-13,17H,3,5,8-11,14-15H2,1-2H3,(H,37,41). The average Bonchev–Trinajstić information content (AvgIpc) is 3.75. The second-order valence-electron chi connectivity index (χ2n) is 11.2. The third kappa shape index (κ3) is 6.00. The molecule has 2 fully saturated rings. The van der Waals surface area contributed by atoms with Gasteiger partial charge in [-0.1, -0.05) is 48.0 Å². The van der Waals surface area contributed by atoms with Crippen molar-refractivity contribution in [2.75, 3.05) is 25.1 Å². The first-order valence-electron chi connectivity index (χ1n) is 14.5. The molecule has 1 saturated carbocycles. The van der Waals surface area contributed by atoms with E-state index in [1.54, 1.807) is 30.2 Å². The van der Waals surface area contributed by atoms with Crippen LogP contribution in [0.4, 0.5) is 19.3 Å². The third-order valence-electron chi connectivity index (χ3n) is 8.31. The number of methoxy groups -OCH3 is 1. The molecule has 0 bridgehead atoms. The number of benzene rings is 2. The number of alkyl halides is 3. The molecule has 0 radical (unpaired) electrons. The molecule has 0 atom stereocenters. The van der Waals surface area contributed by atoms with E-state index in [9.17, 15) is 23.2 Å².